The molecule has 2 heteroatoms. The number of halogens is 1. The number of hydrogen-bond acceptors (Lipinski definition) is 0. The lowest BCUT2D eigenvalue weighted by molar-refractivity contribution is 1.38. The first-order chi connectivity index (χ1) is 6.20. The van der Waals surface area contributed by atoms with E-state index >= 15 is 0 Å². The maximum Gasteiger partial charge on any atom is 0.0186 e. The smallest absolute Gasteiger partial charge is 0.0186 e. The maximum absolute atomic E-state index is 6.41. The Morgan fingerprint density at radius 1 is 1.38 bits per heavy atom. The van der Waals surface area contributed by atoms with Crippen LogP contribution >= 0.6 is 19.9 Å². The van der Waals surface area contributed by atoms with Crippen LogP contribution in [0.25, 0.3) is 0 Å². The zero-order valence-corrected chi connectivity index (χ0v) is 9.44. The second-order valence-electron chi connectivity index (χ2n) is 2.93. The molecule has 1 unspecified atom stereocenters. The molecule has 0 aliphatic rings. The number of hydrogen-bond donors (Lipinski definition) is 0. The molecule has 0 heterocycles. The van der Waals surface area contributed by atoms with Crippen LogP contribution in [0.2, 0.25) is 0 Å². The number of benzene rings is 1. The maximum atomic E-state index is 6.41. The minimum Gasteiger partial charge on any atom is -0.139 e. The van der Waals surface area contributed by atoms with Crippen LogP contribution in [0.5, 0.6) is 0 Å². The van der Waals surface area contributed by atoms with Crippen molar-refractivity contribution in [3.63, 3.8) is 0 Å². The zero-order valence-electron chi connectivity index (χ0n) is 7.87. The van der Waals surface area contributed by atoms with E-state index in [1.54, 1.807) is 0 Å². The van der Waals surface area contributed by atoms with Crippen molar-refractivity contribution in [3.8, 4) is 0 Å². The van der Waals surface area contributed by atoms with E-state index in [9.17, 15) is 0 Å². The molecule has 72 valence electrons. The molecule has 0 N–H and O–H groups in total. The van der Waals surface area contributed by atoms with E-state index in [0.29, 0.717) is 0 Å². The lowest BCUT2D eigenvalue weighted by Gasteiger charge is -2.27. The number of rotatable bonds is 4. The predicted octanol–water partition coefficient (Wildman–Crippen LogP) is 4.31. The molecule has 0 spiro atoms. The fourth-order valence-electron chi connectivity index (χ4n) is 1.13. The Hall–Kier alpha value is -0.400. The molecule has 0 saturated carbocycles. The monoisotopic (exact) mass is 214 g/mol. The van der Waals surface area contributed by atoms with Gasteiger partial charge in [0.2, 0.25) is 0 Å². The standard InChI is InChI=1S/C11H15ClS/c1-3-13(12,4-2)10-11-8-6-5-7-9-11/h3,5-9H,1,4,10H2,2H3. The molecule has 0 radical (unpaired) electrons. The molecular formula is C11H15ClS. The molecule has 1 rings (SSSR count). The summed E-state index contributed by atoms with van der Waals surface area (Å²) in [5.74, 6) is 1.93. The quantitative estimate of drug-likeness (QED) is 0.701. The van der Waals surface area contributed by atoms with Crippen LogP contribution in [-0.4, -0.2) is 5.75 Å². The van der Waals surface area contributed by atoms with E-state index in [-0.39, 0.29) is 0 Å². The summed E-state index contributed by atoms with van der Waals surface area (Å²) in [5, 5.41) is 1.92. The van der Waals surface area contributed by atoms with Crippen molar-refractivity contribution >= 4 is 19.9 Å². The van der Waals surface area contributed by atoms with Gasteiger partial charge in [0.15, 0.2) is 0 Å². The van der Waals surface area contributed by atoms with Crippen molar-refractivity contribution in [1.29, 1.82) is 0 Å². The van der Waals surface area contributed by atoms with Crippen molar-refractivity contribution in [3.05, 3.63) is 47.9 Å². The third-order valence-corrected chi connectivity index (χ3v) is 5.76. The van der Waals surface area contributed by atoms with Crippen molar-refractivity contribution in [2.45, 2.75) is 12.7 Å². The van der Waals surface area contributed by atoms with Crippen LogP contribution in [0.1, 0.15) is 12.5 Å². The van der Waals surface area contributed by atoms with Crippen molar-refractivity contribution in [1.82, 2.24) is 0 Å². The van der Waals surface area contributed by atoms with E-state index in [4.69, 9.17) is 10.7 Å². The third-order valence-electron chi connectivity index (χ3n) is 2.03. The third kappa shape index (κ3) is 3.09. The summed E-state index contributed by atoms with van der Waals surface area (Å²) in [7, 11) is 5.28. The fourth-order valence-corrected chi connectivity index (χ4v) is 2.81. The van der Waals surface area contributed by atoms with Gasteiger partial charge in [0.05, 0.1) is 0 Å². The molecule has 0 nitrogen and oxygen atoms in total. The summed E-state index contributed by atoms with van der Waals surface area (Å²) < 4.78 is 0. The molecule has 1 atom stereocenters. The Morgan fingerprint density at radius 3 is 2.46 bits per heavy atom. The summed E-state index contributed by atoms with van der Waals surface area (Å²) in [6, 6.07) is 10.3. The molecule has 0 aliphatic heterocycles. The van der Waals surface area contributed by atoms with Crippen molar-refractivity contribution < 1.29 is 0 Å². The Bertz CT molecular complexity index is 271. The second-order valence-corrected chi connectivity index (χ2v) is 7.66. The van der Waals surface area contributed by atoms with Gasteiger partial charge in [0.25, 0.3) is 0 Å². The van der Waals surface area contributed by atoms with E-state index in [1.807, 2.05) is 23.6 Å². The molecule has 1 aromatic carbocycles. The highest BCUT2D eigenvalue weighted by atomic mass is 35.7. The molecular weight excluding hydrogens is 200 g/mol. The first kappa shape index (κ1) is 10.7. The van der Waals surface area contributed by atoms with Gasteiger partial charge in [-0.3, -0.25) is 0 Å². The van der Waals surface area contributed by atoms with Gasteiger partial charge < -0.3 is 0 Å². The Kier molecular flexibility index (Phi) is 3.89. The highest BCUT2D eigenvalue weighted by Crippen LogP contribution is 2.56. The Morgan fingerprint density at radius 2 is 2.00 bits per heavy atom. The Balaban J connectivity index is 2.73. The van der Waals surface area contributed by atoms with Crippen molar-refractivity contribution in [2.24, 2.45) is 0 Å². The zero-order chi connectivity index (χ0) is 9.73. The van der Waals surface area contributed by atoms with E-state index in [1.165, 1.54) is 5.56 Å². The largest absolute Gasteiger partial charge is 0.139 e. The lowest BCUT2D eigenvalue weighted by atomic mass is 10.2. The first-order valence-electron chi connectivity index (χ1n) is 4.35. The molecule has 0 aliphatic carbocycles. The van der Waals surface area contributed by atoms with Crippen molar-refractivity contribution in [2.75, 3.05) is 5.75 Å². The summed E-state index contributed by atoms with van der Waals surface area (Å²) in [6.45, 7) is 5.92. The predicted molar refractivity (Wildman–Crippen MR) is 64.3 cm³/mol. The molecule has 0 bridgehead atoms. The molecule has 0 aromatic heterocycles. The SMILES string of the molecule is C=CS(Cl)(CC)Cc1ccccc1. The normalized spacial score (nSPS) is 17.4. The molecule has 13 heavy (non-hydrogen) atoms. The van der Waals surface area contributed by atoms with Gasteiger partial charge in [-0.2, -0.15) is 0 Å². The first-order valence-corrected chi connectivity index (χ1v) is 7.21. The van der Waals surface area contributed by atoms with Gasteiger partial charge in [-0.25, -0.2) is 0 Å². The van der Waals surface area contributed by atoms with E-state index < -0.39 is 9.24 Å². The second kappa shape index (κ2) is 4.73. The highest BCUT2D eigenvalue weighted by Gasteiger charge is 2.14. The van der Waals surface area contributed by atoms with E-state index in [2.05, 4.69) is 25.6 Å². The van der Waals surface area contributed by atoms with Crippen LogP contribution < -0.4 is 0 Å². The molecule has 1 aromatic rings. The minimum atomic E-state index is -1.13. The average molecular weight is 215 g/mol. The van der Waals surface area contributed by atoms with Gasteiger partial charge in [0, 0.05) is 5.75 Å². The van der Waals surface area contributed by atoms with Gasteiger partial charge in [0.1, 0.15) is 0 Å². The van der Waals surface area contributed by atoms with Gasteiger partial charge >= 0.3 is 0 Å². The molecule has 0 amide bonds. The molecule has 0 saturated heterocycles. The fraction of sp³-hybridized carbons (Fsp3) is 0.273. The summed E-state index contributed by atoms with van der Waals surface area (Å²) >= 11 is 0. The summed E-state index contributed by atoms with van der Waals surface area (Å²) in [5.41, 5.74) is 1.30. The van der Waals surface area contributed by atoms with Crippen LogP contribution in [0.3, 0.4) is 0 Å². The minimum absolute atomic E-state index is 0.940. The Labute approximate surface area is 86.4 Å². The van der Waals surface area contributed by atoms with Gasteiger partial charge in [-0.15, -0.1) is 9.24 Å². The average Bonchev–Trinajstić information content (AvgIpc) is 2.19. The van der Waals surface area contributed by atoms with Crippen LogP contribution in [-0.2, 0) is 5.75 Å². The van der Waals surface area contributed by atoms with Gasteiger partial charge in [-0.05, 0) is 16.7 Å². The van der Waals surface area contributed by atoms with Gasteiger partial charge in [-0.1, -0.05) is 54.5 Å². The summed E-state index contributed by atoms with van der Waals surface area (Å²) in [6.07, 6.45) is 0. The van der Waals surface area contributed by atoms with Crippen LogP contribution in [0.15, 0.2) is 42.3 Å². The summed E-state index contributed by atoms with van der Waals surface area (Å²) in [4.78, 5) is 0. The van der Waals surface area contributed by atoms with E-state index in [0.717, 1.165) is 11.5 Å². The topological polar surface area (TPSA) is 0 Å². The van der Waals surface area contributed by atoms with Crippen LogP contribution in [0, 0.1) is 0 Å². The molecule has 0 fully saturated rings. The highest BCUT2D eigenvalue weighted by molar-refractivity contribution is 8.52. The lowest BCUT2D eigenvalue weighted by Crippen LogP contribution is -1.95. The van der Waals surface area contributed by atoms with Crippen LogP contribution in [0.4, 0.5) is 0 Å².